The molecule has 0 saturated carbocycles. The third kappa shape index (κ3) is 9.94. The van der Waals surface area contributed by atoms with Crippen molar-refractivity contribution in [1.82, 2.24) is 0 Å². The zero-order valence-electron chi connectivity index (χ0n) is 27.5. The van der Waals surface area contributed by atoms with Crippen molar-refractivity contribution < 1.29 is 28.8 Å². The number of phenolic OH excluding ortho intramolecular Hbond substituents is 1. The second-order valence-corrected chi connectivity index (χ2v) is 13.6. The summed E-state index contributed by atoms with van der Waals surface area (Å²) >= 11 is 1.95. The first kappa shape index (κ1) is 35.2. The van der Waals surface area contributed by atoms with Gasteiger partial charge in [-0.2, -0.15) is 0 Å². The lowest BCUT2D eigenvalue weighted by molar-refractivity contribution is -0.268. The fourth-order valence-electron chi connectivity index (χ4n) is 6.00. The molecule has 0 aromatic heterocycles. The van der Waals surface area contributed by atoms with E-state index in [0.29, 0.717) is 38.3 Å². The van der Waals surface area contributed by atoms with Gasteiger partial charge in [-0.15, -0.1) is 11.8 Å². The van der Waals surface area contributed by atoms with Gasteiger partial charge in [-0.25, -0.2) is 0 Å². The van der Waals surface area contributed by atoms with Crippen LogP contribution in [0, 0.1) is 0 Å². The molecule has 7 heteroatoms. The number of hydrogen-bond acceptors (Lipinski definition) is 7. The van der Waals surface area contributed by atoms with Crippen LogP contribution in [0.3, 0.4) is 0 Å². The van der Waals surface area contributed by atoms with Gasteiger partial charge >= 0.3 is 0 Å². The first-order valence-electron chi connectivity index (χ1n) is 17.2. The largest absolute Gasteiger partial charge is 0.508 e. The summed E-state index contributed by atoms with van der Waals surface area (Å²) in [6.07, 6.45) is 8.16. The number of rotatable bonds is 20. The van der Waals surface area contributed by atoms with Crippen molar-refractivity contribution in [3.8, 4) is 5.75 Å². The topological polar surface area (TPSA) is 66.4 Å². The molecule has 2 heterocycles. The standard InChI is InChI=1S/C37H56O6S/c1-5-9-19-39-26-32-35(40-20-10-6-2)37(42-22-12-8-4)36(41-21-11-7-3)34(43-32)30-24-27(17-18-31(30)38)23-29-25-28-15-13-14-16-33(28)44-29/h13-18,24,29,32,34-38H,5-12,19-23,25-26H2,1-4H3/t29?,32-,34?,35-,36+,37?/m1/s1. The lowest BCUT2D eigenvalue weighted by Crippen LogP contribution is -2.58. The molecule has 4 rings (SSSR count). The molecule has 1 N–H and O–H groups in total. The Bertz CT molecular complexity index is 1070. The molecule has 1 fully saturated rings. The molecule has 0 amide bonds. The van der Waals surface area contributed by atoms with Crippen molar-refractivity contribution in [2.45, 2.75) is 133 Å². The number of phenols is 1. The van der Waals surface area contributed by atoms with Crippen LogP contribution >= 0.6 is 11.8 Å². The van der Waals surface area contributed by atoms with Gasteiger partial charge < -0.3 is 28.8 Å². The van der Waals surface area contributed by atoms with Crippen molar-refractivity contribution in [2.75, 3.05) is 33.0 Å². The minimum atomic E-state index is -0.502. The van der Waals surface area contributed by atoms with Crippen LogP contribution in [-0.2, 0) is 36.5 Å². The normalized spacial score (nSPS) is 24.9. The highest BCUT2D eigenvalue weighted by molar-refractivity contribution is 8.00. The van der Waals surface area contributed by atoms with Crippen LogP contribution in [-0.4, -0.2) is 67.8 Å². The first-order valence-corrected chi connectivity index (χ1v) is 18.1. The quantitative estimate of drug-likeness (QED) is 0.148. The van der Waals surface area contributed by atoms with Crippen LogP contribution in [0.1, 0.15) is 102 Å². The molecule has 6 atom stereocenters. The van der Waals surface area contributed by atoms with Gasteiger partial charge in [0.1, 0.15) is 36.3 Å². The molecule has 2 aliphatic heterocycles. The SMILES string of the molecule is CCCCOC[C@H]1OC(c2cc(CC3Cc4ccccc4S3)ccc2O)[C@H](OCCCC)C(OCCCC)[C@@H]1OCCCC. The first-order chi connectivity index (χ1) is 21.6. The lowest BCUT2D eigenvalue weighted by Gasteiger charge is -2.46. The van der Waals surface area contributed by atoms with E-state index in [1.807, 2.05) is 17.8 Å². The number of ether oxygens (including phenoxy) is 5. The van der Waals surface area contributed by atoms with Gasteiger partial charge in [0.2, 0.25) is 0 Å². The highest BCUT2D eigenvalue weighted by Crippen LogP contribution is 2.42. The highest BCUT2D eigenvalue weighted by atomic mass is 32.2. The van der Waals surface area contributed by atoms with E-state index in [2.05, 4.69) is 64.1 Å². The minimum absolute atomic E-state index is 0.230. The zero-order chi connectivity index (χ0) is 31.1. The summed E-state index contributed by atoms with van der Waals surface area (Å²) in [7, 11) is 0. The second kappa shape index (κ2) is 19.1. The molecule has 0 radical (unpaired) electrons. The van der Waals surface area contributed by atoms with Crippen LogP contribution in [0.5, 0.6) is 5.75 Å². The average molecular weight is 629 g/mol. The van der Waals surface area contributed by atoms with Gasteiger partial charge in [-0.1, -0.05) is 77.6 Å². The van der Waals surface area contributed by atoms with Gasteiger partial charge in [-0.3, -0.25) is 0 Å². The maximum Gasteiger partial charge on any atom is 0.121 e. The maximum absolute atomic E-state index is 11.3. The molecule has 2 aromatic rings. The molecular weight excluding hydrogens is 572 g/mol. The Morgan fingerprint density at radius 2 is 1.41 bits per heavy atom. The van der Waals surface area contributed by atoms with E-state index in [1.54, 1.807) is 0 Å². The summed E-state index contributed by atoms with van der Waals surface area (Å²) < 4.78 is 32.9. The molecule has 0 spiro atoms. The monoisotopic (exact) mass is 628 g/mol. The van der Waals surface area contributed by atoms with Gasteiger partial charge in [0.05, 0.1) is 6.61 Å². The van der Waals surface area contributed by atoms with Crippen molar-refractivity contribution in [1.29, 1.82) is 0 Å². The average Bonchev–Trinajstić information content (AvgIpc) is 3.44. The smallest absolute Gasteiger partial charge is 0.121 e. The molecule has 0 aliphatic carbocycles. The van der Waals surface area contributed by atoms with E-state index < -0.39 is 12.2 Å². The van der Waals surface area contributed by atoms with Crippen molar-refractivity contribution in [3.63, 3.8) is 0 Å². The van der Waals surface area contributed by atoms with Gasteiger partial charge in [0, 0.05) is 42.1 Å². The van der Waals surface area contributed by atoms with Gasteiger partial charge in [0.15, 0.2) is 0 Å². The molecule has 6 nitrogen and oxygen atoms in total. The Kier molecular flexibility index (Phi) is 15.3. The lowest BCUT2D eigenvalue weighted by atomic mass is 9.89. The van der Waals surface area contributed by atoms with E-state index in [1.165, 1.54) is 16.0 Å². The third-order valence-corrected chi connectivity index (χ3v) is 9.88. The van der Waals surface area contributed by atoms with Crippen LogP contribution in [0.2, 0.25) is 0 Å². The predicted octanol–water partition coefficient (Wildman–Crippen LogP) is 8.46. The van der Waals surface area contributed by atoms with E-state index in [9.17, 15) is 5.11 Å². The molecule has 246 valence electrons. The molecule has 3 unspecified atom stereocenters. The van der Waals surface area contributed by atoms with E-state index in [0.717, 1.165) is 69.8 Å². The van der Waals surface area contributed by atoms with E-state index in [4.69, 9.17) is 23.7 Å². The Morgan fingerprint density at radius 1 is 0.773 bits per heavy atom. The Morgan fingerprint density at radius 3 is 2.09 bits per heavy atom. The zero-order valence-corrected chi connectivity index (χ0v) is 28.3. The predicted molar refractivity (Wildman–Crippen MR) is 179 cm³/mol. The second-order valence-electron chi connectivity index (χ2n) is 12.2. The fraction of sp³-hybridized carbons (Fsp3) is 0.676. The number of fused-ring (bicyclic) bond motifs is 1. The van der Waals surface area contributed by atoms with Gasteiger partial charge in [-0.05, 0) is 67.9 Å². The summed E-state index contributed by atoms with van der Waals surface area (Å²) in [5.74, 6) is 0.230. The van der Waals surface area contributed by atoms with Crippen molar-refractivity contribution in [2.24, 2.45) is 0 Å². The van der Waals surface area contributed by atoms with E-state index >= 15 is 0 Å². The molecule has 0 bridgehead atoms. The Hall–Kier alpha value is -1.61. The Balaban J connectivity index is 1.63. The number of hydrogen-bond donors (Lipinski definition) is 1. The number of benzene rings is 2. The number of unbranched alkanes of at least 4 members (excludes halogenated alkanes) is 4. The Labute approximate surface area is 270 Å². The fourth-order valence-corrected chi connectivity index (χ4v) is 7.36. The van der Waals surface area contributed by atoms with Crippen LogP contribution in [0.15, 0.2) is 47.4 Å². The van der Waals surface area contributed by atoms with Crippen molar-refractivity contribution >= 4 is 11.8 Å². The van der Waals surface area contributed by atoms with Crippen LogP contribution in [0.25, 0.3) is 0 Å². The van der Waals surface area contributed by atoms with E-state index in [-0.39, 0.29) is 24.1 Å². The van der Waals surface area contributed by atoms with Crippen LogP contribution in [0.4, 0.5) is 0 Å². The molecule has 2 aliphatic rings. The minimum Gasteiger partial charge on any atom is -0.508 e. The summed E-state index contributed by atoms with van der Waals surface area (Å²) in [6.45, 7) is 11.7. The number of thioether (sulfide) groups is 1. The molecule has 44 heavy (non-hydrogen) atoms. The molecule has 1 saturated heterocycles. The summed E-state index contributed by atoms with van der Waals surface area (Å²) in [5.41, 5.74) is 3.38. The highest BCUT2D eigenvalue weighted by Gasteiger charge is 2.49. The van der Waals surface area contributed by atoms with Crippen molar-refractivity contribution in [3.05, 3.63) is 59.2 Å². The van der Waals surface area contributed by atoms with Crippen LogP contribution < -0.4 is 0 Å². The summed E-state index contributed by atoms with van der Waals surface area (Å²) in [5, 5.41) is 11.8. The number of aromatic hydroxyl groups is 1. The maximum atomic E-state index is 11.3. The summed E-state index contributed by atoms with van der Waals surface area (Å²) in [4.78, 5) is 1.38. The van der Waals surface area contributed by atoms with Gasteiger partial charge in [0.25, 0.3) is 0 Å². The summed E-state index contributed by atoms with van der Waals surface area (Å²) in [6, 6.07) is 14.7. The molecule has 2 aromatic carbocycles. The molecular formula is C37H56O6S. The third-order valence-electron chi connectivity index (χ3n) is 8.56.